The van der Waals surface area contributed by atoms with Gasteiger partial charge in [0.2, 0.25) is 0 Å². The molecule has 0 aromatic rings. The van der Waals surface area contributed by atoms with E-state index in [0.29, 0.717) is 106 Å². The minimum Gasteiger partial charge on any atom is -0.379 e. The van der Waals surface area contributed by atoms with Crippen LogP contribution in [0.1, 0.15) is 6.92 Å². The molecule has 0 heterocycles. The first-order valence-corrected chi connectivity index (χ1v) is 12.2. The highest BCUT2D eigenvalue weighted by Crippen LogP contribution is 1.86. The Labute approximate surface area is 195 Å². The zero-order valence-corrected chi connectivity index (χ0v) is 20.6. The molecule has 0 saturated heterocycles. The van der Waals surface area contributed by atoms with Gasteiger partial charge in [0.15, 0.2) is 0 Å². The summed E-state index contributed by atoms with van der Waals surface area (Å²) in [6.45, 7) is 12.6. The van der Waals surface area contributed by atoms with Crippen molar-refractivity contribution < 1.29 is 42.6 Å². The first-order chi connectivity index (χ1) is 14.9. The first kappa shape index (κ1) is 30.4. The van der Waals surface area contributed by atoms with Crippen LogP contribution in [0.4, 0.5) is 0 Å². The third kappa shape index (κ3) is 28.4. The molecule has 0 radical (unpaired) electrons. The summed E-state index contributed by atoms with van der Waals surface area (Å²) in [4.78, 5) is 0. The van der Waals surface area contributed by atoms with Crippen molar-refractivity contribution in [3.8, 4) is 0 Å². The van der Waals surface area contributed by atoms with Crippen LogP contribution in [0.3, 0.4) is 0 Å². The normalized spacial score (nSPS) is 11.4. The second-order valence-corrected chi connectivity index (χ2v) is 6.86. The Morgan fingerprint density at radius 3 is 0.733 bits per heavy atom. The molecule has 0 rings (SSSR count). The van der Waals surface area contributed by atoms with Crippen molar-refractivity contribution in [2.75, 3.05) is 123 Å². The molecule has 0 aromatic carbocycles. The third-order valence-electron chi connectivity index (χ3n) is 3.40. The van der Waals surface area contributed by atoms with Gasteiger partial charge in [-0.1, -0.05) is 22.6 Å². The summed E-state index contributed by atoms with van der Waals surface area (Å²) < 4.78 is 49.3. The predicted molar refractivity (Wildman–Crippen MR) is 122 cm³/mol. The van der Waals surface area contributed by atoms with Crippen LogP contribution in [0.5, 0.6) is 0 Å². The van der Waals surface area contributed by atoms with E-state index < -0.39 is 0 Å². The minimum atomic E-state index is 0.541. The van der Waals surface area contributed by atoms with Crippen LogP contribution < -0.4 is 0 Å². The Balaban J connectivity index is 2.97. The molecule has 0 aliphatic heterocycles. The molecule has 0 spiro atoms. The molecule has 9 nitrogen and oxygen atoms in total. The van der Waals surface area contributed by atoms with Crippen LogP contribution in [0.25, 0.3) is 0 Å². The fraction of sp³-hybridized carbons (Fsp3) is 1.00. The van der Waals surface area contributed by atoms with E-state index in [9.17, 15) is 0 Å². The molecule has 0 N–H and O–H groups in total. The zero-order chi connectivity index (χ0) is 21.8. The molecule has 0 aromatic heterocycles. The second-order valence-electron chi connectivity index (χ2n) is 5.78. The lowest BCUT2D eigenvalue weighted by atomic mass is 10.6. The molecule has 10 heteroatoms. The van der Waals surface area contributed by atoms with Crippen molar-refractivity contribution in [1.82, 2.24) is 0 Å². The summed E-state index contributed by atoms with van der Waals surface area (Å²) in [5.41, 5.74) is 0. The number of hydrogen-bond acceptors (Lipinski definition) is 9. The highest BCUT2D eigenvalue weighted by molar-refractivity contribution is 14.1. The molecular formula is C20H41IO9. The summed E-state index contributed by atoms with van der Waals surface area (Å²) in [6.07, 6.45) is 0. The number of ether oxygens (including phenoxy) is 9. The largest absolute Gasteiger partial charge is 0.379 e. The molecule has 0 aliphatic rings. The van der Waals surface area contributed by atoms with E-state index in [4.69, 9.17) is 42.6 Å². The SMILES string of the molecule is CCOCCOCCOCCOCCOCCOCCOCCOCCOCCI. The summed E-state index contributed by atoms with van der Waals surface area (Å²) >= 11 is 2.28. The maximum absolute atomic E-state index is 5.43. The van der Waals surface area contributed by atoms with Crippen LogP contribution in [-0.2, 0) is 42.6 Å². The molecule has 30 heavy (non-hydrogen) atoms. The quantitative estimate of drug-likeness (QED) is 0.0858. The van der Waals surface area contributed by atoms with Crippen molar-refractivity contribution in [3.05, 3.63) is 0 Å². The fourth-order valence-corrected chi connectivity index (χ4v) is 2.27. The molecule has 0 atom stereocenters. The number of hydrogen-bond donors (Lipinski definition) is 0. The van der Waals surface area contributed by atoms with Gasteiger partial charge >= 0.3 is 0 Å². The second kappa shape index (κ2) is 29.4. The van der Waals surface area contributed by atoms with Gasteiger partial charge < -0.3 is 42.6 Å². The molecule has 0 bridgehead atoms. The van der Waals surface area contributed by atoms with Gasteiger partial charge in [0.1, 0.15) is 0 Å². The van der Waals surface area contributed by atoms with Crippen molar-refractivity contribution in [2.24, 2.45) is 0 Å². The Hall–Kier alpha value is 0.370. The Morgan fingerprint density at radius 2 is 0.533 bits per heavy atom. The highest BCUT2D eigenvalue weighted by Gasteiger charge is 1.95. The van der Waals surface area contributed by atoms with Crippen molar-refractivity contribution in [1.29, 1.82) is 0 Å². The van der Waals surface area contributed by atoms with Crippen LogP contribution >= 0.6 is 22.6 Å². The van der Waals surface area contributed by atoms with E-state index in [-0.39, 0.29) is 0 Å². The average Bonchev–Trinajstić information content (AvgIpc) is 2.76. The van der Waals surface area contributed by atoms with Crippen molar-refractivity contribution >= 4 is 22.6 Å². The molecular weight excluding hydrogens is 511 g/mol. The van der Waals surface area contributed by atoms with E-state index in [2.05, 4.69) is 22.6 Å². The first-order valence-electron chi connectivity index (χ1n) is 10.7. The topological polar surface area (TPSA) is 83.1 Å². The van der Waals surface area contributed by atoms with Gasteiger partial charge in [-0.25, -0.2) is 0 Å². The van der Waals surface area contributed by atoms with Gasteiger partial charge in [0, 0.05) is 11.0 Å². The van der Waals surface area contributed by atoms with Gasteiger partial charge in [-0.15, -0.1) is 0 Å². The lowest BCUT2D eigenvalue weighted by molar-refractivity contribution is -0.0245. The molecule has 0 aliphatic carbocycles. The van der Waals surface area contributed by atoms with E-state index in [1.165, 1.54) is 0 Å². The van der Waals surface area contributed by atoms with E-state index in [1.54, 1.807) is 0 Å². The number of halogens is 1. The lowest BCUT2D eigenvalue weighted by Gasteiger charge is -2.08. The summed E-state index contributed by atoms with van der Waals surface area (Å²) in [7, 11) is 0. The monoisotopic (exact) mass is 552 g/mol. The van der Waals surface area contributed by atoms with Gasteiger partial charge in [-0.2, -0.15) is 0 Å². The van der Waals surface area contributed by atoms with Crippen molar-refractivity contribution in [3.63, 3.8) is 0 Å². The molecule has 0 unspecified atom stereocenters. The van der Waals surface area contributed by atoms with Gasteiger partial charge in [0.05, 0.1) is 112 Å². The summed E-state index contributed by atoms with van der Waals surface area (Å²) in [6, 6.07) is 0. The van der Waals surface area contributed by atoms with Crippen LogP contribution in [0, 0.1) is 0 Å². The maximum atomic E-state index is 5.43. The van der Waals surface area contributed by atoms with Crippen LogP contribution in [0.15, 0.2) is 0 Å². The molecule has 0 amide bonds. The smallest absolute Gasteiger partial charge is 0.0701 e. The predicted octanol–water partition coefficient (Wildman–Crippen LogP) is 1.59. The van der Waals surface area contributed by atoms with E-state index in [1.807, 2.05) is 6.92 Å². The van der Waals surface area contributed by atoms with Gasteiger partial charge in [0.25, 0.3) is 0 Å². The number of alkyl halides is 1. The zero-order valence-electron chi connectivity index (χ0n) is 18.5. The standard InChI is InChI=1S/C20H41IO9/c1-2-22-5-6-24-9-10-26-13-14-28-17-18-30-20-19-29-16-15-27-12-11-25-8-7-23-4-3-21/h2-20H2,1H3. The minimum absolute atomic E-state index is 0.541. The average molecular weight is 552 g/mol. The molecule has 0 fully saturated rings. The van der Waals surface area contributed by atoms with E-state index >= 15 is 0 Å². The van der Waals surface area contributed by atoms with Gasteiger partial charge in [-0.3, -0.25) is 0 Å². The van der Waals surface area contributed by atoms with Crippen LogP contribution in [-0.4, -0.2) is 123 Å². The Kier molecular flexibility index (Phi) is 29.7. The molecule has 182 valence electrons. The lowest BCUT2D eigenvalue weighted by Crippen LogP contribution is -2.15. The third-order valence-corrected chi connectivity index (χ3v) is 3.84. The highest BCUT2D eigenvalue weighted by atomic mass is 127. The van der Waals surface area contributed by atoms with Crippen molar-refractivity contribution in [2.45, 2.75) is 6.92 Å². The fourth-order valence-electron chi connectivity index (χ4n) is 1.96. The summed E-state index contributed by atoms with van der Waals surface area (Å²) in [5.74, 6) is 0. The van der Waals surface area contributed by atoms with Gasteiger partial charge in [-0.05, 0) is 6.92 Å². The Morgan fingerprint density at radius 1 is 0.333 bits per heavy atom. The number of rotatable bonds is 27. The van der Waals surface area contributed by atoms with E-state index in [0.717, 1.165) is 17.6 Å². The van der Waals surface area contributed by atoms with Crippen LogP contribution in [0.2, 0.25) is 0 Å². The molecule has 0 saturated carbocycles. The summed E-state index contributed by atoms with van der Waals surface area (Å²) in [5, 5.41) is 0. The Bertz CT molecular complexity index is 273. The maximum Gasteiger partial charge on any atom is 0.0701 e.